The number of rotatable bonds is 3. The summed E-state index contributed by atoms with van der Waals surface area (Å²) in [5.41, 5.74) is 1.17. The molecule has 2 aromatic heterocycles. The van der Waals surface area contributed by atoms with Crippen molar-refractivity contribution in [3.63, 3.8) is 0 Å². The number of fused-ring (bicyclic) bond motifs is 3. The van der Waals surface area contributed by atoms with Gasteiger partial charge < -0.3 is 9.88 Å². The lowest BCUT2D eigenvalue weighted by Gasteiger charge is -2.20. The molecule has 0 atom stereocenters. The fourth-order valence-corrected chi connectivity index (χ4v) is 5.15. The van der Waals surface area contributed by atoms with Crippen LogP contribution in [0.2, 0.25) is 0 Å². The number of H-pyrrole nitrogens is 1. The maximum absolute atomic E-state index is 12.4. The van der Waals surface area contributed by atoms with Crippen molar-refractivity contribution >= 4 is 27.5 Å². The Balaban J connectivity index is 1.49. The Hall–Kier alpha value is -1.69. The zero-order valence-electron chi connectivity index (χ0n) is 13.9. The number of amides is 1. The van der Waals surface area contributed by atoms with Crippen LogP contribution in [0.1, 0.15) is 54.8 Å². The molecule has 1 aliphatic carbocycles. The highest BCUT2D eigenvalue weighted by atomic mass is 32.1. The number of carbonyl (C=O) groups is 1. The highest BCUT2D eigenvalue weighted by molar-refractivity contribution is 7.18. The minimum absolute atomic E-state index is 0.0309. The van der Waals surface area contributed by atoms with Gasteiger partial charge in [0.25, 0.3) is 5.56 Å². The second-order valence-electron chi connectivity index (χ2n) is 6.85. The molecule has 0 spiro atoms. The van der Waals surface area contributed by atoms with Crippen LogP contribution in [0.3, 0.4) is 0 Å². The van der Waals surface area contributed by atoms with E-state index in [0.29, 0.717) is 18.7 Å². The second-order valence-corrected chi connectivity index (χ2v) is 7.93. The molecule has 24 heavy (non-hydrogen) atoms. The smallest absolute Gasteiger partial charge is 0.259 e. The Morgan fingerprint density at radius 1 is 1.12 bits per heavy atom. The van der Waals surface area contributed by atoms with Gasteiger partial charge in [0.15, 0.2) is 0 Å². The molecule has 1 amide bonds. The second kappa shape index (κ2) is 6.67. The van der Waals surface area contributed by atoms with E-state index in [1.165, 1.54) is 23.3 Å². The van der Waals surface area contributed by atoms with Crippen LogP contribution in [-0.2, 0) is 24.1 Å². The molecular formula is C18H23N3O2S. The Bertz CT molecular complexity index is 816. The van der Waals surface area contributed by atoms with Gasteiger partial charge in [0.1, 0.15) is 10.7 Å². The summed E-state index contributed by atoms with van der Waals surface area (Å²) in [7, 11) is 0. The fraction of sp³-hybridized carbons (Fsp3) is 0.611. The topological polar surface area (TPSA) is 66.1 Å². The first-order chi connectivity index (χ1) is 11.7. The van der Waals surface area contributed by atoms with Gasteiger partial charge in [-0.25, -0.2) is 4.98 Å². The van der Waals surface area contributed by atoms with Crippen molar-refractivity contribution in [1.29, 1.82) is 0 Å². The molecule has 1 aliphatic heterocycles. The minimum atomic E-state index is -0.0309. The van der Waals surface area contributed by atoms with Crippen LogP contribution >= 0.6 is 11.3 Å². The number of aromatic nitrogens is 2. The van der Waals surface area contributed by atoms with Crippen molar-refractivity contribution in [2.45, 2.75) is 57.8 Å². The largest absolute Gasteiger partial charge is 0.343 e. The maximum atomic E-state index is 12.4. The molecule has 5 nitrogen and oxygen atoms in total. The lowest BCUT2D eigenvalue weighted by molar-refractivity contribution is -0.131. The Morgan fingerprint density at radius 2 is 1.92 bits per heavy atom. The molecule has 2 aromatic rings. The van der Waals surface area contributed by atoms with Crippen molar-refractivity contribution in [2.24, 2.45) is 0 Å². The number of carbonyl (C=O) groups excluding carboxylic acids is 1. The standard InChI is InChI=1S/C18H23N3O2S/c22-15(21-10-3-1-2-4-11-21)9-8-14-19-17(23)16-12-6-5-7-13(12)24-18(16)20-14/h1-11H2,(H,19,20,23). The van der Waals surface area contributed by atoms with Crippen LogP contribution in [-0.4, -0.2) is 33.9 Å². The number of hydrogen-bond donors (Lipinski definition) is 1. The van der Waals surface area contributed by atoms with Gasteiger partial charge in [-0.3, -0.25) is 9.59 Å². The van der Waals surface area contributed by atoms with Gasteiger partial charge in [0, 0.05) is 30.8 Å². The van der Waals surface area contributed by atoms with Crippen LogP contribution < -0.4 is 5.56 Å². The molecule has 0 unspecified atom stereocenters. The van der Waals surface area contributed by atoms with Gasteiger partial charge in [0.05, 0.1) is 5.39 Å². The van der Waals surface area contributed by atoms with Crippen LogP contribution in [0.4, 0.5) is 0 Å². The zero-order valence-corrected chi connectivity index (χ0v) is 14.7. The van der Waals surface area contributed by atoms with Crippen LogP contribution in [0.15, 0.2) is 4.79 Å². The quantitative estimate of drug-likeness (QED) is 0.930. The number of thiophene rings is 1. The monoisotopic (exact) mass is 345 g/mol. The number of aromatic amines is 1. The lowest BCUT2D eigenvalue weighted by atomic mass is 10.2. The first-order valence-electron chi connectivity index (χ1n) is 9.03. The highest BCUT2D eigenvalue weighted by Gasteiger charge is 2.21. The normalized spacial score (nSPS) is 17.9. The molecule has 4 rings (SSSR count). The van der Waals surface area contributed by atoms with Crippen molar-refractivity contribution in [3.05, 3.63) is 26.6 Å². The molecule has 1 fully saturated rings. The Kier molecular flexibility index (Phi) is 4.39. The van der Waals surface area contributed by atoms with Gasteiger partial charge in [-0.15, -0.1) is 11.3 Å². The third-order valence-corrected chi connectivity index (χ3v) is 6.34. The molecule has 0 saturated carbocycles. The van der Waals surface area contributed by atoms with E-state index in [-0.39, 0.29) is 11.5 Å². The maximum Gasteiger partial charge on any atom is 0.259 e. The van der Waals surface area contributed by atoms with Crippen molar-refractivity contribution < 1.29 is 4.79 Å². The van der Waals surface area contributed by atoms with Crippen molar-refractivity contribution in [3.8, 4) is 0 Å². The van der Waals surface area contributed by atoms with Gasteiger partial charge >= 0.3 is 0 Å². The summed E-state index contributed by atoms with van der Waals surface area (Å²) in [5, 5.41) is 0.787. The van der Waals surface area contributed by atoms with E-state index in [9.17, 15) is 9.59 Å². The summed E-state index contributed by atoms with van der Waals surface area (Å²) in [5.74, 6) is 0.837. The van der Waals surface area contributed by atoms with E-state index in [2.05, 4.69) is 9.97 Å². The third-order valence-electron chi connectivity index (χ3n) is 5.16. The van der Waals surface area contributed by atoms with Crippen molar-refractivity contribution in [2.75, 3.05) is 13.1 Å². The summed E-state index contributed by atoms with van der Waals surface area (Å²) >= 11 is 1.65. The molecule has 0 aromatic carbocycles. The summed E-state index contributed by atoms with van der Waals surface area (Å²) < 4.78 is 0. The van der Waals surface area contributed by atoms with Crippen LogP contribution in [0, 0.1) is 0 Å². The number of likely N-dealkylation sites (tertiary alicyclic amines) is 1. The molecule has 1 saturated heterocycles. The summed E-state index contributed by atoms with van der Waals surface area (Å²) in [6.07, 6.45) is 8.80. The lowest BCUT2D eigenvalue weighted by Crippen LogP contribution is -2.32. The van der Waals surface area contributed by atoms with Gasteiger partial charge in [-0.2, -0.15) is 0 Å². The molecule has 0 radical (unpaired) electrons. The van der Waals surface area contributed by atoms with E-state index in [4.69, 9.17) is 0 Å². The van der Waals surface area contributed by atoms with Gasteiger partial charge in [-0.1, -0.05) is 12.8 Å². The number of hydrogen-bond acceptors (Lipinski definition) is 4. The van der Waals surface area contributed by atoms with Crippen molar-refractivity contribution in [1.82, 2.24) is 14.9 Å². The van der Waals surface area contributed by atoms with E-state index < -0.39 is 0 Å². The number of nitrogens with one attached hydrogen (secondary N) is 1. The SMILES string of the molecule is O=C(CCc1nc2sc3c(c2c(=O)[nH]1)CCC3)N1CCCCCC1. The molecule has 128 valence electrons. The summed E-state index contributed by atoms with van der Waals surface area (Å²) in [6.45, 7) is 1.75. The number of nitrogens with zero attached hydrogens (tertiary/aromatic N) is 2. The fourth-order valence-electron chi connectivity index (χ4n) is 3.87. The van der Waals surface area contributed by atoms with Gasteiger partial charge in [0.2, 0.25) is 5.91 Å². The first-order valence-corrected chi connectivity index (χ1v) is 9.85. The molecule has 0 bridgehead atoms. The average Bonchev–Trinajstić information content (AvgIpc) is 3.02. The predicted octanol–water partition coefficient (Wildman–Crippen LogP) is 2.81. The predicted molar refractivity (Wildman–Crippen MR) is 95.6 cm³/mol. The van der Waals surface area contributed by atoms with Crippen LogP contribution in [0.5, 0.6) is 0 Å². The Morgan fingerprint density at radius 3 is 2.71 bits per heavy atom. The Labute approximate surface area is 145 Å². The van der Waals surface area contributed by atoms with E-state index in [1.54, 1.807) is 11.3 Å². The van der Waals surface area contributed by atoms with E-state index in [1.807, 2.05) is 4.90 Å². The summed E-state index contributed by atoms with van der Waals surface area (Å²) in [6, 6.07) is 0. The molecule has 3 heterocycles. The number of aryl methyl sites for hydroxylation is 3. The molecule has 2 aliphatic rings. The minimum Gasteiger partial charge on any atom is -0.343 e. The third kappa shape index (κ3) is 2.99. The van der Waals surface area contributed by atoms with E-state index >= 15 is 0 Å². The van der Waals surface area contributed by atoms with Gasteiger partial charge in [-0.05, 0) is 37.7 Å². The average molecular weight is 345 g/mol. The molecular weight excluding hydrogens is 322 g/mol. The van der Waals surface area contributed by atoms with E-state index in [0.717, 1.165) is 55.4 Å². The zero-order chi connectivity index (χ0) is 16.5. The highest BCUT2D eigenvalue weighted by Crippen LogP contribution is 2.34. The summed E-state index contributed by atoms with van der Waals surface area (Å²) in [4.78, 5) is 36.5. The first kappa shape index (κ1) is 15.8. The molecule has 1 N–H and O–H groups in total. The molecule has 6 heteroatoms. The van der Waals surface area contributed by atoms with Crippen LogP contribution in [0.25, 0.3) is 10.2 Å².